The Morgan fingerprint density at radius 2 is 1.72 bits per heavy atom. The van der Waals surface area contributed by atoms with Gasteiger partial charge in [0.15, 0.2) is 5.82 Å². The van der Waals surface area contributed by atoms with Crippen molar-refractivity contribution in [3.05, 3.63) is 65.7 Å². The number of carbonyl (C=O) groups is 1. The van der Waals surface area contributed by atoms with Gasteiger partial charge in [0.1, 0.15) is 10.8 Å². The van der Waals surface area contributed by atoms with Crippen molar-refractivity contribution in [3.63, 3.8) is 0 Å². The number of para-hydroxylation sites is 2. The number of aromatic nitrogens is 2. The molecule has 0 bridgehead atoms. The summed E-state index contributed by atoms with van der Waals surface area (Å²) in [4.78, 5) is 16.7. The molecular formula is C23H24ClN5O2S. The number of nitrogens with zero attached hydrogens (tertiary/aromatic N) is 4. The highest BCUT2D eigenvalue weighted by Gasteiger charge is 2.20. The number of anilines is 3. The minimum Gasteiger partial charge on any atom is -0.495 e. The number of ether oxygens (including phenoxy) is 1. The second-order valence-electron chi connectivity index (χ2n) is 7.22. The Morgan fingerprint density at radius 3 is 2.41 bits per heavy atom. The third-order valence-electron chi connectivity index (χ3n) is 5.13. The molecule has 0 spiro atoms. The molecular weight excluding hydrogens is 446 g/mol. The van der Waals surface area contributed by atoms with Gasteiger partial charge in [0.2, 0.25) is 5.91 Å². The SMILES string of the molecule is COc1ccccc1N1CCN(c2ccc(SCC(=O)Nc3ccc(Cl)cc3)nn2)CC1. The summed E-state index contributed by atoms with van der Waals surface area (Å²) in [5, 5.41) is 12.8. The first-order valence-corrected chi connectivity index (χ1v) is 11.6. The van der Waals surface area contributed by atoms with Crippen molar-refractivity contribution in [2.45, 2.75) is 5.03 Å². The first-order chi connectivity index (χ1) is 15.6. The predicted octanol–water partition coefficient (Wildman–Crippen LogP) is 4.20. The number of benzene rings is 2. The monoisotopic (exact) mass is 469 g/mol. The summed E-state index contributed by atoms with van der Waals surface area (Å²) < 4.78 is 5.49. The third-order valence-corrected chi connectivity index (χ3v) is 6.31. The van der Waals surface area contributed by atoms with E-state index < -0.39 is 0 Å². The van der Waals surface area contributed by atoms with Crippen LogP contribution in [0.4, 0.5) is 17.2 Å². The van der Waals surface area contributed by atoms with E-state index in [1.54, 1.807) is 31.4 Å². The molecule has 1 saturated heterocycles. The van der Waals surface area contributed by atoms with Gasteiger partial charge in [-0.1, -0.05) is 35.5 Å². The Kier molecular flexibility index (Phi) is 7.34. The maximum absolute atomic E-state index is 12.1. The number of piperazine rings is 1. The van der Waals surface area contributed by atoms with Crippen LogP contribution in [0.25, 0.3) is 0 Å². The van der Waals surface area contributed by atoms with Crippen LogP contribution in [-0.2, 0) is 4.79 Å². The maximum Gasteiger partial charge on any atom is 0.234 e. The van der Waals surface area contributed by atoms with Gasteiger partial charge in [-0.2, -0.15) is 0 Å². The molecule has 1 amide bonds. The van der Waals surface area contributed by atoms with E-state index in [-0.39, 0.29) is 11.7 Å². The zero-order valence-corrected chi connectivity index (χ0v) is 19.3. The number of hydrogen-bond acceptors (Lipinski definition) is 7. The number of rotatable bonds is 7. The maximum atomic E-state index is 12.1. The van der Waals surface area contributed by atoms with Crippen LogP contribution in [0.3, 0.4) is 0 Å². The molecule has 0 atom stereocenters. The van der Waals surface area contributed by atoms with Crippen molar-refractivity contribution >= 4 is 46.5 Å². The summed E-state index contributed by atoms with van der Waals surface area (Å²) in [5.41, 5.74) is 1.83. The van der Waals surface area contributed by atoms with Crippen molar-refractivity contribution in [1.82, 2.24) is 10.2 Å². The second-order valence-corrected chi connectivity index (χ2v) is 8.65. The molecule has 1 aromatic heterocycles. The standard InChI is InChI=1S/C23H24ClN5O2S/c1-31-20-5-3-2-4-19(20)28-12-14-29(15-13-28)21-10-11-23(27-26-21)32-16-22(30)25-18-8-6-17(24)7-9-18/h2-11H,12-16H2,1H3,(H,25,30). The molecule has 7 nitrogen and oxygen atoms in total. The molecule has 1 N–H and O–H groups in total. The topological polar surface area (TPSA) is 70.6 Å². The van der Waals surface area contributed by atoms with Crippen LogP contribution in [0.5, 0.6) is 5.75 Å². The second kappa shape index (κ2) is 10.6. The lowest BCUT2D eigenvalue weighted by Crippen LogP contribution is -2.47. The van der Waals surface area contributed by atoms with E-state index in [1.165, 1.54) is 11.8 Å². The molecule has 32 heavy (non-hydrogen) atoms. The summed E-state index contributed by atoms with van der Waals surface area (Å²) in [6, 6.07) is 19.0. The normalized spacial score (nSPS) is 13.7. The predicted molar refractivity (Wildman–Crippen MR) is 130 cm³/mol. The van der Waals surface area contributed by atoms with Gasteiger partial charge in [-0.05, 0) is 48.5 Å². The van der Waals surface area contributed by atoms with Gasteiger partial charge in [0.25, 0.3) is 0 Å². The third kappa shape index (κ3) is 5.63. The highest BCUT2D eigenvalue weighted by Crippen LogP contribution is 2.29. The fraction of sp³-hybridized carbons (Fsp3) is 0.261. The number of nitrogens with one attached hydrogen (secondary N) is 1. The Morgan fingerprint density at radius 1 is 1.00 bits per heavy atom. The van der Waals surface area contributed by atoms with Crippen LogP contribution >= 0.6 is 23.4 Å². The molecule has 1 aliphatic heterocycles. The smallest absolute Gasteiger partial charge is 0.234 e. The Bertz CT molecular complexity index is 1040. The number of hydrogen-bond donors (Lipinski definition) is 1. The quantitative estimate of drug-likeness (QED) is 0.520. The average Bonchev–Trinajstić information content (AvgIpc) is 2.84. The van der Waals surface area contributed by atoms with Crippen LogP contribution in [-0.4, -0.2) is 55.1 Å². The van der Waals surface area contributed by atoms with Gasteiger partial charge in [0, 0.05) is 36.9 Å². The summed E-state index contributed by atoms with van der Waals surface area (Å²) in [6.07, 6.45) is 0. The molecule has 3 aromatic rings. The molecule has 1 fully saturated rings. The summed E-state index contributed by atoms with van der Waals surface area (Å²) in [5.74, 6) is 1.89. The van der Waals surface area contributed by atoms with Gasteiger partial charge in [-0.3, -0.25) is 4.79 Å². The number of amides is 1. The Hall–Kier alpha value is -2.97. The Labute approximate surface area is 196 Å². The van der Waals surface area contributed by atoms with E-state index in [0.717, 1.165) is 43.4 Å². The van der Waals surface area contributed by atoms with Crippen LogP contribution in [0, 0.1) is 0 Å². The van der Waals surface area contributed by atoms with E-state index in [9.17, 15) is 4.79 Å². The van der Waals surface area contributed by atoms with Gasteiger partial charge in [-0.25, -0.2) is 0 Å². The van der Waals surface area contributed by atoms with Crippen molar-refractivity contribution in [3.8, 4) is 5.75 Å². The van der Waals surface area contributed by atoms with E-state index >= 15 is 0 Å². The van der Waals surface area contributed by atoms with Gasteiger partial charge in [-0.15, -0.1) is 10.2 Å². The van der Waals surface area contributed by atoms with Gasteiger partial charge >= 0.3 is 0 Å². The lowest BCUT2D eigenvalue weighted by molar-refractivity contribution is -0.113. The zero-order chi connectivity index (χ0) is 22.3. The molecule has 2 heterocycles. The van der Waals surface area contributed by atoms with Crippen LogP contribution in [0.1, 0.15) is 0 Å². The van der Waals surface area contributed by atoms with E-state index in [1.807, 2.05) is 30.3 Å². The molecule has 166 valence electrons. The van der Waals surface area contributed by atoms with Crippen LogP contribution in [0.2, 0.25) is 5.02 Å². The minimum absolute atomic E-state index is 0.101. The first-order valence-electron chi connectivity index (χ1n) is 10.3. The molecule has 1 aliphatic rings. The molecule has 0 radical (unpaired) electrons. The molecule has 0 aliphatic carbocycles. The van der Waals surface area contributed by atoms with Crippen molar-refractivity contribution in [2.24, 2.45) is 0 Å². The van der Waals surface area contributed by atoms with Gasteiger partial charge in [0.05, 0.1) is 18.6 Å². The first kappa shape index (κ1) is 22.2. The highest BCUT2D eigenvalue weighted by atomic mass is 35.5. The average molecular weight is 470 g/mol. The number of halogens is 1. The largest absolute Gasteiger partial charge is 0.495 e. The van der Waals surface area contributed by atoms with E-state index in [0.29, 0.717) is 15.7 Å². The number of methoxy groups -OCH3 is 1. The van der Waals surface area contributed by atoms with Crippen LogP contribution in [0.15, 0.2) is 65.7 Å². The van der Waals surface area contributed by atoms with Crippen molar-refractivity contribution in [1.29, 1.82) is 0 Å². The van der Waals surface area contributed by atoms with E-state index in [4.69, 9.17) is 16.3 Å². The molecule has 0 saturated carbocycles. The van der Waals surface area contributed by atoms with Crippen LogP contribution < -0.4 is 19.9 Å². The molecule has 9 heteroatoms. The summed E-state index contributed by atoms with van der Waals surface area (Å²) >= 11 is 7.22. The summed E-state index contributed by atoms with van der Waals surface area (Å²) in [6.45, 7) is 3.46. The minimum atomic E-state index is -0.101. The number of thioether (sulfide) groups is 1. The summed E-state index contributed by atoms with van der Waals surface area (Å²) in [7, 11) is 1.70. The van der Waals surface area contributed by atoms with E-state index in [2.05, 4.69) is 31.4 Å². The van der Waals surface area contributed by atoms with Crippen molar-refractivity contribution in [2.75, 3.05) is 54.2 Å². The van der Waals surface area contributed by atoms with Gasteiger partial charge < -0.3 is 19.9 Å². The lowest BCUT2D eigenvalue weighted by Gasteiger charge is -2.37. The fourth-order valence-electron chi connectivity index (χ4n) is 3.50. The Balaban J connectivity index is 1.27. The zero-order valence-electron chi connectivity index (χ0n) is 17.7. The molecule has 0 unspecified atom stereocenters. The van der Waals surface area contributed by atoms with Crippen molar-refractivity contribution < 1.29 is 9.53 Å². The lowest BCUT2D eigenvalue weighted by atomic mass is 10.2. The molecule has 4 rings (SSSR count). The highest BCUT2D eigenvalue weighted by molar-refractivity contribution is 7.99. The molecule has 2 aromatic carbocycles. The fourth-order valence-corrected chi connectivity index (χ4v) is 4.24. The number of carbonyl (C=O) groups excluding carboxylic acids is 1.